The number of hydrogen-bond acceptors (Lipinski definition) is 6. The highest BCUT2D eigenvalue weighted by molar-refractivity contribution is 5.82. The maximum absolute atomic E-state index is 14.8. The molecular formula is C22H16F3N7O. The number of nitrogens with zero attached hydrogens (tertiary/aromatic N) is 5. The molecule has 0 aliphatic carbocycles. The molecule has 33 heavy (non-hydrogen) atoms. The van der Waals surface area contributed by atoms with Gasteiger partial charge in [-0.15, -0.1) is 0 Å². The molecule has 3 aromatic heterocycles. The molecule has 0 fully saturated rings. The number of hydrogen-bond donors (Lipinski definition) is 2. The number of aromatic amines is 1. The Morgan fingerprint density at radius 2 is 1.85 bits per heavy atom. The molecule has 0 radical (unpaired) electrons. The summed E-state index contributed by atoms with van der Waals surface area (Å²) in [5.74, 6) is -1.71. The van der Waals surface area contributed by atoms with E-state index < -0.39 is 29.1 Å². The topological polar surface area (TPSA) is 101 Å². The van der Waals surface area contributed by atoms with Crippen molar-refractivity contribution in [1.82, 2.24) is 29.5 Å². The monoisotopic (exact) mass is 451 g/mol. The zero-order valence-electron chi connectivity index (χ0n) is 17.2. The molecule has 0 aliphatic rings. The smallest absolute Gasteiger partial charge is 0.266 e. The third-order valence-corrected chi connectivity index (χ3v) is 5.26. The second-order valence-corrected chi connectivity index (χ2v) is 7.30. The number of imidazole rings is 1. The number of anilines is 1. The van der Waals surface area contributed by atoms with Gasteiger partial charge in [0.05, 0.1) is 29.0 Å². The fourth-order valence-electron chi connectivity index (χ4n) is 3.69. The quantitative estimate of drug-likeness (QED) is 0.418. The molecule has 0 spiro atoms. The van der Waals surface area contributed by atoms with Gasteiger partial charge in [-0.05, 0) is 36.8 Å². The van der Waals surface area contributed by atoms with E-state index in [0.717, 1.165) is 28.8 Å². The largest absolute Gasteiger partial charge is 0.358 e. The summed E-state index contributed by atoms with van der Waals surface area (Å²) in [6.07, 6.45) is 3.19. The molecule has 0 saturated carbocycles. The third kappa shape index (κ3) is 3.56. The van der Waals surface area contributed by atoms with Crippen LogP contribution in [0, 0.1) is 17.5 Å². The minimum atomic E-state index is -0.829. The van der Waals surface area contributed by atoms with Gasteiger partial charge in [0.25, 0.3) is 5.56 Å². The molecule has 5 rings (SSSR count). The fraction of sp³-hybridized carbons (Fsp3) is 0.136. The van der Waals surface area contributed by atoms with Gasteiger partial charge in [0.1, 0.15) is 35.1 Å². The van der Waals surface area contributed by atoms with Gasteiger partial charge in [0.15, 0.2) is 11.5 Å². The van der Waals surface area contributed by atoms with E-state index in [-0.39, 0.29) is 22.4 Å². The molecule has 0 aliphatic heterocycles. The number of rotatable bonds is 5. The Balaban J connectivity index is 1.76. The molecule has 11 heteroatoms. The van der Waals surface area contributed by atoms with Gasteiger partial charge in [0, 0.05) is 6.07 Å². The van der Waals surface area contributed by atoms with E-state index in [2.05, 4.69) is 30.2 Å². The first kappa shape index (κ1) is 20.6. The van der Waals surface area contributed by atoms with Crippen LogP contribution in [0.3, 0.4) is 0 Å². The second-order valence-electron chi connectivity index (χ2n) is 7.30. The van der Waals surface area contributed by atoms with Crippen LogP contribution < -0.4 is 10.9 Å². The SMILES string of the molecule is CC[C@H](Nc1ncnc2nc[nH]c12)c1nc2ccc(F)cc2c(=O)n1-c1cc(F)ccc1F. The Hall–Kier alpha value is -4.28. The number of aromatic nitrogens is 6. The summed E-state index contributed by atoms with van der Waals surface area (Å²) in [4.78, 5) is 33.3. The normalized spacial score (nSPS) is 12.4. The molecule has 2 N–H and O–H groups in total. The van der Waals surface area contributed by atoms with E-state index in [1.807, 2.05) is 6.92 Å². The highest BCUT2D eigenvalue weighted by Crippen LogP contribution is 2.27. The van der Waals surface area contributed by atoms with Gasteiger partial charge in [-0.1, -0.05) is 6.92 Å². The molecule has 3 heterocycles. The Morgan fingerprint density at radius 3 is 2.67 bits per heavy atom. The van der Waals surface area contributed by atoms with Crippen molar-refractivity contribution in [2.24, 2.45) is 0 Å². The highest BCUT2D eigenvalue weighted by Gasteiger charge is 2.23. The van der Waals surface area contributed by atoms with Crippen LogP contribution in [0.25, 0.3) is 27.8 Å². The Bertz CT molecular complexity index is 1560. The molecule has 0 amide bonds. The maximum Gasteiger partial charge on any atom is 0.266 e. The summed E-state index contributed by atoms with van der Waals surface area (Å²) < 4.78 is 43.7. The number of fused-ring (bicyclic) bond motifs is 2. The van der Waals surface area contributed by atoms with Crippen molar-refractivity contribution in [2.45, 2.75) is 19.4 Å². The van der Waals surface area contributed by atoms with E-state index in [1.54, 1.807) is 0 Å². The average Bonchev–Trinajstić information content (AvgIpc) is 3.29. The van der Waals surface area contributed by atoms with Crippen molar-refractivity contribution in [1.29, 1.82) is 0 Å². The Labute approximate surface area is 184 Å². The number of nitrogens with one attached hydrogen (secondary N) is 2. The first-order chi connectivity index (χ1) is 16.0. The molecule has 5 aromatic rings. The van der Waals surface area contributed by atoms with E-state index in [9.17, 15) is 18.0 Å². The van der Waals surface area contributed by atoms with Crippen molar-refractivity contribution in [3.63, 3.8) is 0 Å². The predicted molar refractivity (Wildman–Crippen MR) is 116 cm³/mol. The Morgan fingerprint density at radius 1 is 1.06 bits per heavy atom. The maximum atomic E-state index is 14.8. The van der Waals surface area contributed by atoms with Crippen LogP contribution in [-0.2, 0) is 0 Å². The van der Waals surface area contributed by atoms with Crippen molar-refractivity contribution in [3.05, 3.63) is 82.7 Å². The van der Waals surface area contributed by atoms with Gasteiger partial charge in [-0.3, -0.25) is 9.36 Å². The lowest BCUT2D eigenvalue weighted by Gasteiger charge is -2.22. The number of H-pyrrole nitrogens is 1. The zero-order valence-corrected chi connectivity index (χ0v) is 17.2. The van der Waals surface area contributed by atoms with Crippen molar-refractivity contribution < 1.29 is 13.2 Å². The van der Waals surface area contributed by atoms with Gasteiger partial charge in [0.2, 0.25) is 0 Å². The van der Waals surface area contributed by atoms with E-state index in [0.29, 0.717) is 23.4 Å². The van der Waals surface area contributed by atoms with Crippen molar-refractivity contribution >= 4 is 27.9 Å². The third-order valence-electron chi connectivity index (χ3n) is 5.26. The van der Waals surface area contributed by atoms with Gasteiger partial charge in [-0.25, -0.2) is 33.1 Å². The number of benzene rings is 2. The second kappa shape index (κ2) is 8.01. The van der Waals surface area contributed by atoms with E-state index in [4.69, 9.17) is 0 Å². The zero-order chi connectivity index (χ0) is 23.1. The van der Waals surface area contributed by atoms with Crippen molar-refractivity contribution in [2.75, 3.05) is 5.32 Å². The highest BCUT2D eigenvalue weighted by atomic mass is 19.1. The molecule has 0 unspecified atom stereocenters. The lowest BCUT2D eigenvalue weighted by Crippen LogP contribution is -2.29. The summed E-state index contributed by atoms with van der Waals surface area (Å²) in [5, 5.41) is 3.13. The molecule has 166 valence electrons. The van der Waals surface area contributed by atoms with Gasteiger partial charge < -0.3 is 10.3 Å². The fourth-order valence-corrected chi connectivity index (χ4v) is 3.69. The molecular weight excluding hydrogens is 435 g/mol. The van der Waals surface area contributed by atoms with E-state index in [1.165, 1.54) is 24.8 Å². The molecule has 1 atom stereocenters. The number of halogens is 3. The summed E-state index contributed by atoms with van der Waals surface area (Å²) >= 11 is 0. The average molecular weight is 451 g/mol. The molecule has 0 saturated heterocycles. The van der Waals surface area contributed by atoms with Gasteiger partial charge in [-0.2, -0.15) is 0 Å². The van der Waals surface area contributed by atoms with Gasteiger partial charge >= 0.3 is 0 Å². The predicted octanol–water partition coefficient (Wildman–Crippen LogP) is 4.03. The lowest BCUT2D eigenvalue weighted by atomic mass is 10.1. The van der Waals surface area contributed by atoms with Crippen LogP contribution in [0.15, 0.2) is 53.8 Å². The Kier molecular flexibility index (Phi) is 5.00. The van der Waals surface area contributed by atoms with Crippen LogP contribution >= 0.6 is 0 Å². The summed E-state index contributed by atoms with van der Waals surface area (Å²) in [6.45, 7) is 1.83. The van der Waals surface area contributed by atoms with E-state index >= 15 is 0 Å². The first-order valence-corrected chi connectivity index (χ1v) is 10.0. The molecule has 2 aromatic carbocycles. The van der Waals surface area contributed by atoms with Crippen LogP contribution in [0.2, 0.25) is 0 Å². The first-order valence-electron chi connectivity index (χ1n) is 10.0. The minimum absolute atomic E-state index is 0.0599. The van der Waals surface area contributed by atoms with Crippen LogP contribution in [-0.4, -0.2) is 29.5 Å². The molecule has 8 nitrogen and oxygen atoms in total. The summed E-state index contributed by atoms with van der Waals surface area (Å²) in [6, 6.07) is 5.68. The molecule has 0 bridgehead atoms. The standard InChI is InChI=1S/C22H16F3N7O/c1-2-15(30-20-18-19(27-9-26-18)28-10-29-20)21-31-16-6-4-11(23)7-13(16)22(33)32(21)17-8-12(24)3-5-14(17)25/h3-10,15H,2H2,1H3,(H2,26,27,28,29,30)/t15-/m0/s1. The van der Waals surface area contributed by atoms with Crippen LogP contribution in [0.4, 0.5) is 19.0 Å². The summed E-state index contributed by atoms with van der Waals surface area (Å²) in [7, 11) is 0. The lowest BCUT2D eigenvalue weighted by molar-refractivity contribution is 0.579. The minimum Gasteiger partial charge on any atom is -0.358 e. The van der Waals surface area contributed by atoms with Crippen LogP contribution in [0.1, 0.15) is 25.2 Å². The van der Waals surface area contributed by atoms with Crippen molar-refractivity contribution in [3.8, 4) is 5.69 Å². The summed E-state index contributed by atoms with van der Waals surface area (Å²) in [5.41, 5.74) is 0.124. The van der Waals surface area contributed by atoms with Crippen LogP contribution in [0.5, 0.6) is 0 Å².